The Hall–Kier alpha value is -3.46. The summed E-state index contributed by atoms with van der Waals surface area (Å²) in [5, 5.41) is 12.3. The largest absolute Gasteiger partial charge is 0.493 e. The number of aromatic nitrogens is 3. The number of carbonyl (C=O) groups excluding carboxylic acids is 2. The third kappa shape index (κ3) is 4.60. The fraction of sp³-hybridized carbons (Fsp3) is 0.462. The molecule has 184 valence electrons. The molecule has 0 unspecified atom stereocenters. The van der Waals surface area contributed by atoms with Gasteiger partial charge in [0.05, 0.1) is 17.7 Å². The molecule has 1 saturated carbocycles. The summed E-state index contributed by atoms with van der Waals surface area (Å²) in [7, 11) is 0. The smallest absolute Gasteiger partial charge is 0.255 e. The number of likely N-dealkylation sites (tertiary alicyclic amines) is 1. The van der Waals surface area contributed by atoms with Gasteiger partial charge in [-0.15, -0.1) is 0 Å². The number of hydrogen-bond acceptors (Lipinski definition) is 6. The molecular formula is C26H31N5O4. The summed E-state index contributed by atoms with van der Waals surface area (Å²) in [5.41, 5.74) is 5.06. The molecule has 2 aromatic heterocycles. The Bertz CT molecular complexity index is 1280. The Morgan fingerprint density at radius 3 is 2.80 bits per heavy atom. The van der Waals surface area contributed by atoms with Crippen molar-refractivity contribution in [3.8, 4) is 17.0 Å². The van der Waals surface area contributed by atoms with Gasteiger partial charge in [-0.1, -0.05) is 11.6 Å². The lowest BCUT2D eigenvalue weighted by molar-refractivity contribution is -0.134. The lowest BCUT2D eigenvalue weighted by Gasteiger charge is -2.19. The maximum atomic E-state index is 13.3. The van der Waals surface area contributed by atoms with Gasteiger partial charge in [-0.2, -0.15) is 0 Å². The third-order valence-electron chi connectivity index (χ3n) is 6.93. The molecule has 3 N–H and O–H groups in total. The monoisotopic (exact) mass is 477 g/mol. The zero-order chi connectivity index (χ0) is 24.7. The predicted molar refractivity (Wildman–Crippen MR) is 131 cm³/mol. The Kier molecular flexibility index (Phi) is 6.19. The molecule has 0 radical (unpaired) electrons. The molecule has 1 aliphatic heterocycles. The highest BCUT2D eigenvalue weighted by molar-refractivity contribution is 6.09. The highest BCUT2D eigenvalue weighted by atomic mass is 16.5. The van der Waals surface area contributed by atoms with Gasteiger partial charge in [-0.05, 0) is 58.1 Å². The van der Waals surface area contributed by atoms with E-state index >= 15 is 0 Å². The molecule has 2 amide bonds. The molecule has 1 aliphatic carbocycles. The van der Waals surface area contributed by atoms with Gasteiger partial charge in [0.15, 0.2) is 0 Å². The molecular weight excluding hydrogens is 446 g/mol. The Morgan fingerprint density at radius 1 is 1.26 bits per heavy atom. The van der Waals surface area contributed by atoms with Crippen molar-refractivity contribution in [1.82, 2.24) is 25.2 Å². The first kappa shape index (κ1) is 23.3. The van der Waals surface area contributed by atoms with E-state index in [2.05, 4.69) is 20.3 Å². The van der Waals surface area contributed by atoms with E-state index in [1.807, 2.05) is 39.0 Å². The molecule has 35 heavy (non-hydrogen) atoms. The van der Waals surface area contributed by atoms with E-state index in [0.29, 0.717) is 53.5 Å². The van der Waals surface area contributed by atoms with Crippen molar-refractivity contribution in [2.45, 2.75) is 52.1 Å². The Morgan fingerprint density at radius 2 is 2.06 bits per heavy atom. The van der Waals surface area contributed by atoms with Crippen LogP contribution in [0.1, 0.15) is 47.8 Å². The second kappa shape index (κ2) is 9.30. The van der Waals surface area contributed by atoms with Gasteiger partial charge in [-0.3, -0.25) is 9.59 Å². The second-order valence-corrected chi connectivity index (χ2v) is 9.78. The van der Waals surface area contributed by atoms with Gasteiger partial charge in [0, 0.05) is 29.9 Å². The molecule has 1 saturated heterocycles. The number of aromatic amines is 1. The Labute approximate surface area is 203 Å². The average Bonchev–Trinajstić information content (AvgIpc) is 3.50. The SMILES string of the molecule is Cc1ccc(OCC2CC2)c(-c2ncnc3c(C(=O)N[C@H]4C[C@H](C)N(C(=O)CO)C4)c(C)[nH]c23)c1. The first-order valence-electron chi connectivity index (χ1n) is 12.1. The van der Waals surface area contributed by atoms with Crippen molar-refractivity contribution in [2.75, 3.05) is 19.8 Å². The van der Waals surface area contributed by atoms with Crippen LogP contribution in [0.15, 0.2) is 24.5 Å². The fourth-order valence-corrected chi connectivity index (χ4v) is 4.88. The number of fused-ring (bicyclic) bond motifs is 1. The van der Waals surface area contributed by atoms with Gasteiger partial charge in [0.2, 0.25) is 5.91 Å². The zero-order valence-corrected chi connectivity index (χ0v) is 20.3. The van der Waals surface area contributed by atoms with Crippen molar-refractivity contribution in [1.29, 1.82) is 0 Å². The number of benzene rings is 1. The molecule has 2 aliphatic rings. The zero-order valence-electron chi connectivity index (χ0n) is 20.3. The lowest BCUT2D eigenvalue weighted by atomic mass is 10.1. The number of nitrogens with zero attached hydrogens (tertiary/aromatic N) is 3. The molecule has 0 spiro atoms. The topological polar surface area (TPSA) is 120 Å². The number of ether oxygens (including phenoxy) is 1. The number of H-pyrrole nitrogens is 1. The minimum atomic E-state index is -0.530. The van der Waals surface area contributed by atoms with E-state index < -0.39 is 6.61 Å². The van der Waals surface area contributed by atoms with Gasteiger partial charge < -0.3 is 25.0 Å². The van der Waals surface area contributed by atoms with Crippen LogP contribution in [0.25, 0.3) is 22.3 Å². The first-order chi connectivity index (χ1) is 16.9. The fourth-order valence-electron chi connectivity index (χ4n) is 4.88. The molecule has 3 aromatic rings. The summed E-state index contributed by atoms with van der Waals surface area (Å²) in [5.74, 6) is 0.824. The van der Waals surface area contributed by atoms with E-state index in [9.17, 15) is 14.7 Å². The van der Waals surface area contributed by atoms with Gasteiger partial charge in [0.25, 0.3) is 5.91 Å². The first-order valence-corrected chi connectivity index (χ1v) is 12.1. The molecule has 3 heterocycles. The van der Waals surface area contributed by atoms with E-state index in [1.54, 1.807) is 4.90 Å². The van der Waals surface area contributed by atoms with E-state index in [0.717, 1.165) is 16.9 Å². The quantitative estimate of drug-likeness (QED) is 0.481. The second-order valence-electron chi connectivity index (χ2n) is 9.78. The summed E-state index contributed by atoms with van der Waals surface area (Å²) >= 11 is 0. The van der Waals surface area contributed by atoms with Gasteiger partial charge in [0.1, 0.15) is 29.9 Å². The summed E-state index contributed by atoms with van der Waals surface area (Å²) < 4.78 is 6.14. The van der Waals surface area contributed by atoms with Crippen molar-refractivity contribution in [3.05, 3.63) is 41.3 Å². The predicted octanol–water partition coefficient (Wildman–Crippen LogP) is 2.74. The van der Waals surface area contributed by atoms with Crippen molar-refractivity contribution in [3.63, 3.8) is 0 Å². The van der Waals surface area contributed by atoms with Crippen LogP contribution >= 0.6 is 0 Å². The maximum Gasteiger partial charge on any atom is 0.255 e. The third-order valence-corrected chi connectivity index (χ3v) is 6.93. The van der Waals surface area contributed by atoms with Crippen molar-refractivity contribution < 1.29 is 19.4 Å². The van der Waals surface area contributed by atoms with Crippen LogP contribution in [0, 0.1) is 19.8 Å². The number of carbonyl (C=O) groups is 2. The molecule has 9 nitrogen and oxygen atoms in total. The molecule has 5 rings (SSSR count). The number of aliphatic hydroxyl groups is 1. The van der Waals surface area contributed by atoms with E-state index in [-0.39, 0.29) is 23.9 Å². The minimum absolute atomic E-state index is 0.0478. The summed E-state index contributed by atoms with van der Waals surface area (Å²) in [6.07, 6.45) is 4.52. The maximum absolute atomic E-state index is 13.3. The van der Waals surface area contributed by atoms with Crippen molar-refractivity contribution in [2.24, 2.45) is 5.92 Å². The average molecular weight is 478 g/mol. The number of nitrogens with one attached hydrogen (secondary N) is 2. The van der Waals surface area contributed by atoms with Crippen molar-refractivity contribution >= 4 is 22.8 Å². The molecule has 2 atom stereocenters. The van der Waals surface area contributed by atoms with E-state index in [1.165, 1.54) is 19.2 Å². The van der Waals surface area contributed by atoms with Crippen LogP contribution in [-0.2, 0) is 4.79 Å². The van der Waals surface area contributed by atoms with Crippen LogP contribution in [-0.4, -0.2) is 68.6 Å². The van der Waals surface area contributed by atoms with Crippen LogP contribution < -0.4 is 10.1 Å². The van der Waals surface area contributed by atoms with E-state index in [4.69, 9.17) is 4.74 Å². The standard InChI is InChI=1S/C26H31N5O4/c1-14-4-7-20(35-12-17-5-6-17)19(8-14)23-25-24(28-13-27-23)22(16(3)29-25)26(34)30-18-9-15(2)31(10-18)21(33)11-32/h4,7-8,13,15,17-18,29,32H,5-6,9-12H2,1-3H3,(H,30,34)/t15-,18-/m0/s1. The summed E-state index contributed by atoms with van der Waals surface area (Å²) in [6, 6.07) is 5.81. The number of rotatable bonds is 7. The number of hydrogen-bond donors (Lipinski definition) is 3. The van der Waals surface area contributed by atoms with Crippen LogP contribution in [0.3, 0.4) is 0 Å². The normalized spacial score (nSPS) is 19.8. The lowest BCUT2D eigenvalue weighted by Crippen LogP contribution is -2.40. The number of aryl methyl sites for hydroxylation is 2. The summed E-state index contributed by atoms with van der Waals surface area (Å²) in [6.45, 7) is 6.33. The highest BCUT2D eigenvalue weighted by Crippen LogP contribution is 2.37. The van der Waals surface area contributed by atoms with Gasteiger partial charge in [-0.25, -0.2) is 9.97 Å². The summed E-state index contributed by atoms with van der Waals surface area (Å²) in [4.78, 5) is 39.2. The van der Waals surface area contributed by atoms with Crippen LogP contribution in [0.2, 0.25) is 0 Å². The van der Waals surface area contributed by atoms with Gasteiger partial charge >= 0.3 is 0 Å². The molecule has 1 aromatic carbocycles. The number of amides is 2. The Balaban J connectivity index is 1.45. The number of aliphatic hydroxyl groups excluding tert-OH is 1. The minimum Gasteiger partial charge on any atom is -0.493 e. The molecule has 2 fully saturated rings. The van der Waals surface area contributed by atoms with Crippen LogP contribution in [0.5, 0.6) is 5.75 Å². The molecule has 9 heteroatoms. The van der Waals surface area contributed by atoms with Crippen LogP contribution in [0.4, 0.5) is 0 Å². The highest BCUT2D eigenvalue weighted by Gasteiger charge is 2.34. The molecule has 0 bridgehead atoms.